The van der Waals surface area contributed by atoms with E-state index in [1.165, 1.54) is 4.97 Å². The van der Waals surface area contributed by atoms with E-state index in [2.05, 4.69) is 16.0 Å². The monoisotopic (exact) mass is 138 g/mol. The van der Waals surface area contributed by atoms with Crippen LogP contribution in [0.3, 0.4) is 0 Å². The first-order chi connectivity index (χ1) is 1.41. The second-order valence-corrected chi connectivity index (χ2v) is 0.326. The molecule has 0 aliphatic carbocycles. The SMILES string of the molecule is N#[C][Fe].[Fe]. The predicted molar refractivity (Wildman–Crippen MR) is 5.61 cm³/mol. The average molecular weight is 138 g/mol. The van der Waals surface area contributed by atoms with Gasteiger partial charge in [-0.25, -0.2) is 0 Å². The van der Waals surface area contributed by atoms with Gasteiger partial charge in [0, 0.05) is 17.1 Å². The zero-order valence-corrected chi connectivity index (χ0v) is 3.86. The third-order valence-corrected chi connectivity index (χ3v) is 0. The fourth-order valence-corrected chi connectivity index (χ4v) is 0. The topological polar surface area (TPSA) is 23.8 Å². The molecule has 1 nitrogen and oxygen atoms in total. The molecular weight excluding hydrogens is 138 g/mol. The summed E-state index contributed by atoms with van der Waals surface area (Å²) < 4.78 is 0. The van der Waals surface area contributed by atoms with Crippen LogP contribution in [0.4, 0.5) is 0 Å². The Morgan fingerprint density at radius 2 is 1.75 bits per heavy atom. The van der Waals surface area contributed by atoms with Crippen LogP contribution in [0.15, 0.2) is 0 Å². The third-order valence-electron chi connectivity index (χ3n) is 0. The number of hydrogen-bond donors (Lipinski definition) is 0. The maximum atomic E-state index is 7.21. The average Bonchev–Trinajstić information content (AvgIpc) is 0.918. The van der Waals surface area contributed by atoms with Crippen molar-refractivity contribution in [1.82, 2.24) is 0 Å². The Kier molecular flexibility index (Phi) is 21.3. The molecule has 0 saturated heterocycles. The van der Waals surface area contributed by atoms with E-state index in [1.807, 2.05) is 0 Å². The molecule has 0 aromatic heterocycles. The van der Waals surface area contributed by atoms with Gasteiger partial charge in [0.15, 0.2) is 0 Å². The first-order valence-corrected chi connectivity index (χ1v) is 0.952. The standard InChI is InChI=1S/CN.2Fe/c1-2;;. The summed E-state index contributed by atoms with van der Waals surface area (Å²) in [4.78, 5) is 1.50. The van der Waals surface area contributed by atoms with Crippen LogP contribution in [0.2, 0.25) is 0 Å². The van der Waals surface area contributed by atoms with Gasteiger partial charge in [-0.2, -0.15) is 0 Å². The van der Waals surface area contributed by atoms with E-state index in [-0.39, 0.29) is 17.1 Å². The fraction of sp³-hybridized carbons (Fsp3) is 0. The minimum atomic E-state index is 0. The van der Waals surface area contributed by atoms with Gasteiger partial charge in [0.1, 0.15) is 0 Å². The molecule has 0 saturated carbocycles. The zero-order chi connectivity index (χ0) is 2.71. The summed E-state index contributed by atoms with van der Waals surface area (Å²) in [7, 11) is 0. The molecule has 0 unspecified atom stereocenters. The molecule has 0 aliphatic heterocycles. The van der Waals surface area contributed by atoms with Crippen molar-refractivity contribution in [1.29, 1.82) is 5.26 Å². The summed E-state index contributed by atoms with van der Waals surface area (Å²) in [5, 5.41) is 7.21. The minimum Gasteiger partial charge on any atom is 0 e. The summed E-state index contributed by atoms with van der Waals surface area (Å²) in [5.41, 5.74) is 0. The summed E-state index contributed by atoms with van der Waals surface area (Å²) in [5.74, 6) is 0. The largest absolute Gasteiger partial charge is 0 e. The van der Waals surface area contributed by atoms with Gasteiger partial charge in [0.05, 0.1) is 0 Å². The molecule has 0 radical (unpaired) electrons. The van der Waals surface area contributed by atoms with Gasteiger partial charge >= 0.3 is 26.2 Å². The number of hydrogen-bond acceptors (Lipinski definition) is 1. The van der Waals surface area contributed by atoms with Crippen LogP contribution in [-0.2, 0) is 33.1 Å². The van der Waals surface area contributed by atoms with E-state index in [0.717, 1.165) is 0 Å². The predicted octanol–water partition coefficient (Wildman–Crippen LogP) is 0.0118. The van der Waals surface area contributed by atoms with Crippen molar-refractivity contribution >= 4 is 0 Å². The molecule has 0 heterocycles. The molecule has 25 valence electrons. The summed E-state index contributed by atoms with van der Waals surface area (Å²) in [6.45, 7) is 0. The molecule has 4 heavy (non-hydrogen) atoms. The second kappa shape index (κ2) is 9.65. The Morgan fingerprint density at radius 3 is 1.75 bits per heavy atom. The van der Waals surface area contributed by atoms with Crippen LogP contribution in [0.25, 0.3) is 0 Å². The Labute approximate surface area is 43.7 Å². The fourth-order valence-electron chi connectivity index (χ4n) is 0. The van der Waals surface area contributed by atoms with E-state index in [1.54, 1.807) is 0 Å². The molecule has 0 N–H and O–H groups in total. The quantitative estimate of drug-likeness (QED) is 0.432. The van der Waals surface area contributed by atoms with Crippen molar-refractivity contribution in [3.8, 4) is 4.97 Å². The van der Waals surface area contributed by atoms with Gasteiger partial charge in [0.2, 0.25) is 0 Å². The van der Waals surface area contributed by atoms with E-state index in [4.69, 9.17) is 5.26 Å². The second-order valence-electron chi connectivity index (χ2n) is 0.0791. The molecule has 0 fully saturated rings. The van der Waals surface area contributed by atoms with Crippen LogP contribution in [0.1, 0.15) is 0 Å². The minimum absolute atomic E-state index is 0. The van der Waals surface area contributed by atoms with Gasteiger partial charge in [-0.1, -0.05) is 0 Å². The number of nitrogens with zero attached hydrogens (tertiary/aromatic N) is 1. The van der Waals surface area contributed by atoms with Crippen molar-refractivity contribution in [2.75, 3.05) is 0 Å². The van der Waals surface area contributed by atoms with Gasteiger partial charge in [-0.05, 0) is 0 Å². The van der Waals surface area contributed by atoms with E-state index in [9.17, 15) is 0 Å². The first kappa shape index (κ1) is 8.82. The molecule has 0 bridgehead atoms. The normalized spacial score (nSPS) is 2.00. The van der Waals surface area contributed by atoms with E-state index < -0.39 is 0 Å². The Balaban J connectivity index is 0. The van der Waals surface area contributed by atoms with Gasteiger partial charge in [-0.15, -0.1) is 0 Å². The van der Waals surface area contributed by atoms with Gasteiger partial charge in [-0.3, -0.25) is 0 Å². The smallest absolute Gasteiger partial charge is 0 e. The van der Waals surface area contributed by atoms with Crippen molar-refractivity contribution in [3.05, 3.63) is 0 Å². The summed E-state index contributed by atoms with van der Waals surface area (Å²) in [6, 6.07) is 0. The van der Waals surface area contributed by atoms with Crippen molar-refractivity contribution in [3.63, 3.8) is 0 Å². The number of rotatable bonds is 0. The molecule has 0 spiro atoms. The molecule has 0 rings (SSSR count). The number of nitriles is 1. The molecule has 0 aliphatic rings. The maximum Gasteiger partial charge on any atom is 0 e. The molecule has 0 aromatic rings. The Morgan fingerprint density at radius 1 is 1.75 bits per heavy atom. The van der Waals surface area contributed by atoms with Crippen LogP contribution in [0, 0.1) is 10.2 Å². The van der Waals surface area contributed by atoms with Crippen LogP contribution in [-0.4, -0.2) is 0 Å². The summed E-state index contributed by atoms with van der Waals surface area (Å²) in [6.07, 6.45) is 0. The Bertz CT molecular complexity index is 27.5. The molecule has 0 amide bonds. The van der Waals surface area contributed by atoms with E-state index >= 15 is 0 Å². The molecule has 0 atom stereocenters. The van der Waals surface area contributed by atoms with Crippen LogP contribution in [0.5, 0.6) is 0 Å². The maximum absolute atomic E-state index is 7.21. The molecule has 3 heteroatoms. The van der Waals surface area contributed by atoms with E-state index in [0.29, 0.717) is 0 Å². The molecule has 0 aromatic carbocycles. The van der Waals surface area contributed by atoms with Crippen LogP contribution < -0.4 is 0 Å². The van der Waals surface area contributed by atoms with Gasteiger partial charge in [0.25, 0.3) is 0 Å². The Hall–Kier alpha value is 0.529. The van der Waals surface area contributed by atoms with Gasteiger partial charge < -0.3 is 0 Å². The third kappa shape index (κ3) is 21.1. The van der Waals surface area contributed by atoms with Crippen LogP contribution >= 0.6 is 0 Å². The van der Waals surface area contributed by atoms with Crippen molar-refractivity contribution in [2.45, 2.75) is 0 Å². The first-order valence-electron chi connectivity index (χ1n) is 0.400. The van der Waals surface area contributed by atoms with Crippen molar-refractivity contribution in [2.24, 2.45) is 0 Å². The summed E-state index contributed by atoms with van der Waals surface area (Å²) >= 11 is 2.79. The zero-order valence-electron chi connectivity index (χ0n) is 1.65. The van der Waals surface area contributed by atoms with Crippen molar-refractivity contribution < 1.29 is 33.1 Å². The molecular formula is CFe2N.